The van der Waals surface area contributed by atoms with Crippen molar-refractivity contribution in [2.24, 2.45) is 11.8 Å². The van der Waals surface area contributed by atoms with Crippen molar-refractivity contribution in [3.63, 3.8) is 0 Å². The summed E-state index contributed by atoms with van der Waals surface area (Å²) in [6, 6.07) is 8.15. The van der Waals surface area contributed by atoms with Gasteiger partial charge in [-0.05, 0) is 37.3 Å². The first-order valence-corrected chi connectivity index (χ1v) is 7.89. The SMILES string of the molecule is COc1ccccc1CCNC(=O)C1CC1C(=O)NC1CC1. The number of para-hydroxylation sites is 1. The van der Waals surface area contributed by atoms with Gasteiger partial charge in [0.05, 0.1) is 18.9 Å². The zero-order valence-electron chi connectivity index (χ0n) is 12.8. The van der Waals surface area contributed by atoms with Gasteiger partial charge in [0.15, 0.2) is 0 Å². The molecule has 2 saturated carbocycles. The van der Waals surface area contributed by atoms with Crippen molar-refractivity contribution in [3.8, 4) is 5.75 Å². The van der Waals surface area contributed by atoms with Crippen molar-refractivity contribution in [1.29, 1.82) is 0 Å². The Morgan fingerprint density at radius 3 is 2.64 bits per heavy atom. The van der Waals surface area contributed by atoms with Gasteiger partial charge in [-0.25, -0.2) is 0 Å². The number of methoxy groups -OCH3 is 1. The highest BCUT2D eigenvalue weighted by Crippen LogP contribution is 2.39. The number of carbonyl (C=O) groups excluding carboxylic acids is 2. The maximum Gasteiger partial charge on any atom is 0.224 e. The van der Waals surface area contributed by atoms with Crippen molar-refractivity contribution in [1.82, 2.24) is 10.6 Å². The van der Waals surface area contributed by atoms with Crippen LogP contribution in [0.25, 0.3) is 0 Å². The van der Waals surface area contributed by atoms with Crippen LogP contribution < -0.4 is 15.4 Å². The molecule has 0 bridgehead atoms. The Morgan fingerprint density at radius 2 is 1.91 bits per heavy atom. The van der Waals surface area contributed by atoms with Crippen LogP contribution in [0.5, 0.6) is 5.75 Å². The van der Waals surface area contributed by atoms with E-state index in [9.17, 15) is 9.59 Å². The van der Waals surface area contributed by atoms with E-state index in [0.29, 0.717) is 19.0 Å². The molecule has 2 N–H and O–H groups in total. The molecule has 3 rings (SSSR count). The van der Waals surface area contributed by atoms with Crippen LogP contribution in [0.2, 0.25) is 0 Å². The Bertz CT molecular complexity index is 569. The van der Waals surface area contributed by atoms with Crippen LogP contribution in [0, 0.1) is 11.8 Å². The number of ether oxygens (including phenoxy) is 1. The highest BCUT2D eigenvalue weighted by atomic mass is 16.5. The maximum absolute atomic E-state index is 12.0. The highest BCUT2D eigenvalue weighted by Gasteiger charge is 2.48. The summed E-state index contributed by atoms with van der Waals surface area (Å²) >= 11 is 0. The molecule has 1 aromatic carbocycles. The number of amides is 2. The molecule has 118 valence electrons. The van der Waals surface area contributed by atoms with Gasteiger partial charge in [-0.15, -0.1) is 0 Å². The van der Waals surface area contributed by atoms with E-state index in [1.54, 1.807) is 7.11 Å². The summed E-state index contributed by atoms with van der Waals surface area (Å²) < 4.78 is 5.29. The first-order chi connectivity index (χ1) is 10.7. The average Bonchev–Trinajstić information content (AvgIpc) is 3.41. The zero-order valence-corrected chi connectivity index (χ0v) is 12.8. The van der Waals surface area contributed by atoms with Crippen LogP contribution in [0.15, 0.2) is 24.3 Å². The summed E-state index contributed by atoms with van der Waals surface area (Å²) in [6.07, 6.45) is 3.56. The second-order valence-corrected chi connectivity index (χ2v) is 6.08. The summed E-state index contributed by atoms with van der Waals surface area (Å²) in [5, 5.41) is 5.89. The predicted octanol–water partition coefficient (Wildman–Crippen LogP) is 1.27. The van der Waals surface area contributed by atoms with E-state index in [2.05, 4.69) is 10.6 Å². The number of benzene rings is 1. The summed E-state index contributed by atoms with van der Waals surface area (Å²) in [5.74, 6) is 0.617. The Hall–Kier alpha value is -2.04. The summed E-state index contributed by atoms with van der Waals surface area (Å²) in [7, 11) is 1.64. The third kappa shape index (κ3) is 3.59. The predicted molar refractivity (Wildman–Crippen MR) is 82.5 cm³/mol. The van der Waals surface area contributed by atoms with Gasteiger partial charge in [-0.3, -0.25) is 9.59 Å². The van der Waals surface area contributed by atoms with Crippen molar-refractivity contribution >= 4 is 11.8 Å². The van der Waals surface area contributed by atoms with E-state index in [1.807, 2.05) is 24.3 Å². The molecule has 2 aliphatic carbocycles. The maximum atomic E-state index is 12.0. The van der Waals surface area contributed by atoms with E-state index < -0.39 is 0 Å². The van der Waals surface area contributed by atoms with E-state index in [-0.39, 0.29) is 23.7 Å². The van der Waals surface area contributed by atoms with E-state index in [0.717, 1.165) is 30.6 Å². The minimum Gasteiger partial charge on any atom is -0.496 e. The van der Waals surface area contributed by atoms with Gasteiger partial charge in [0, 0.05) is 12.6 Å². The Kier molecular flexibility index (Phi) is 4.32. The van der Waals surface area contributed by atoms with Crippen LogP contribution >= 0.6 is 0 Å². The molecule has 2 fully saturated rings. The minimum atomic E-state index is -0.142. The van der Waals surface area contributed by atoms with Gasteiger partial charge < -0.3 is 15.4 Å². The molecule has 0 spiro atoms. The largest absolute Gasteiger partial charge is 0.496 e. The van der Waals surface area contributed by atoms with Crippen LogP contribution in [0.1, 0.15) is 24.8 Å². The Balaban J connectivity index is 1.40. The fraction of sp³-hybridized carbons (Fsp3) is 0.529. The lowest BCUT2D eigenvalue weighted by atomic mass is 10.1. The van der Waals surface area contributed by atoms with Gasteiger partial charge in [-0.1, -0.05) is 18.2 Å². The second kappa shape index (κ2) is 6.38. The lowest BCUT2D eigenvalue weighted by molar-refractivity contribution is -0.127. The fourth-order valence-electron chi connectivity index (χ4n) is 2.67. The highest BCUT2D eigenvalue weighted by molar-refractivity contribution is 5.92. The quantitative estimate of drug-likeness (QED) is 0.797. The van der Waals surface area contributed by atoms with Crippen molar-refractivity contribution < 1.29 is 14.3 Å². The Labute approximate surface area is 130 Å². The van der Waals surface area contributed by atoms with Gasteiger partial charge in [0.25, 0.3) is 0 Å². The lowest BCUT2D eigenvalue weighted by Crippen LogP contribution is -2.32. The summed E-state index contributed by atoms with van der Waals surface area (Å²) in [4.78, 5) is 23.9. The van der Waals surface area contributed by atoms with Gasteiger partial charge in [0.2, 0.25) is 11.8 Å². The molecule has 2 aliphatic rings. The monoisotopic (exact) mass is 302 g/mol. The molecule has 0 saturated heterocycles. The molecule has 0 heterocycles. The fourth-order valence-corrected chi connectivity index (χ4v) is 2.67. The van der Waals surface area contributed by atoms with Crippen LogP contribution in [-0.4, -0.2) is 31.5 Å². The lowest BCUT2D eigenvalue weighted by Gasteiger charge is -2.09. The molecular formula is C17H22N2O3. The molecule has 5 heteroatoms. The number of hydrogen-bond acceptors (Lipinski definition) is 3. The van der Waals surface area contributed by atoms with Crippen molar-refractivity contribution in [2.45, 2.75) is 31.7 Å². The third-order valence-corrected chi connectivity index (χ3v) is 4.27. The van der Waals surface area contributed by atoms with Crippen LogP contribution in [0.3, 0.4) is 0 Å². The van der Waals surface area contributed by atoms with Crippen molar-refractivity contribution in [2.75, 3.05) is 13.7 Å². The molecule has 2 unspecified atom stereocenters. The molecule has 22 heavy (non-hydrogen) atoms. The second-order valence-electron chi connectivity index (χ2n) is 6.08. The van der Waals surface area contributed by atoms with E-state index in [4.69, 9.17) is 4.74 Å². The summed E-state index contributed by atoms with van der Waals surface area (Å²) in [5.41, 5.74) is 1.07. The molecular weight excluding hydrogens is 280 g/mol. The molecule has 0 radical (unpaired) electrons. The Morgan fingerprint density at radius 1 is 1.18 bits per heavy atom. The standard InChI is InChI=1S/C17H22N2O3/c1-22-15-5-3-2-4-11(15)8-9-18-16(20)13-10-14(13)17(21)19-12-6-7-12/h2-5,12-14H,6-10H2,1H3,(H,18,20)(H,19,21). The first kappa shape index (κ1) is 14.9. The average molecular weight is 302 g/mol. The third-order valence-electron chi connectivity index (χ3n) is 4.27. The number of hydrogen-bond donors (Lipinski definition) is 2. The molecule has 5 nitrogen and oxygen atoms in total. The van der Waals surface area contributed by atoms with E-state index in [1.165, 1.54) is 0 Å². The smallest absolute Gasteiger partial charge is 0.224 e. The van der Waals surface area contributed by atoms with Gasteiger partial charge in [-0.2, -0.15) is 0 Å². The van der Waals surface area contributed by atoms with Crippen molar-refractivity contribution in [3.05, 3.63) is 29.8 Å². The van der Waals surface area contributed by atoms with Gasteiger partial charge >= 0.3 is 0 Å². The zero-order chi connectivity index (χ0) is 15.5. The normalized spacial score (nSPS) is 22.8. The molecule has 2 atom stereocenters. The number of rotatable bonds is 7. The minimum absolute atomic E-state index is 0.00848. The van der Waals surface area contributed by atoms with Gasteiger partial charge in [0.1, 0.15) is 5.75 Å². The van der Waals surface area contributed by atoms with E-state index >= 15 is 0 Å². The topological polar surface area (TPSA) is 67.4 Å². The molecule has 2 amide bonds. The first-order valence-electron chi connectivity index (χ1n) is 7.89. The molecule has 0 aliphatic heterocycles. The van der Waals surface area contributed by atoms with Crippen LogP contribution in [0.4, 0.5) is 0 Å². The molecule has 0 aromatic heterocycles. The van der Waals surface area contributed by atoms with Crippen LogP contribution in [-0.2, 0) is 16.0 Å². The number of nitrogens with one attached hydrogen (secondary N) is 2. The number of carbonyl (C=O) groups is 2. The summed E-state index contributed by atoms with van der Waals surface area (Å²) in [6.45, 7) is 0.562. The molecule has 1 aromatic rings.